The molecular weight excluding hydrogens is 1360 g/mol. The number of carbonyl (C=O) groups is 6. The number of nitrogens with zero attached hydrogens (tertiary/aromatic N) is 4. The summed E-state index contributed by atoms with van der Waals surface area (Å²) in [5.41, 5.74) is -3.07. The van der Waals surface area contributed by atoms with Gasteiger partial charge in [-0.2, -0.15) is 0 Å². The molecule has 0 radical (unpaired) electrons. The smallest absolute Gasteiger partial charge is 0.343 e. The van der Waals surface area contributed by atoms with E-state index < -0.39 is 105 Å². The Hall–Kier alpha value is -7.86. The van der Waals surface area contributed by atoms with Gasteiger partial charge in [0.25, 0.3) is 11.8 Å². The molecule has 8 fully saturated rings. The second kappa shape index (κ2) is 22.9. The number of ether oxygens (including phenoxy) is 10. The van der Waals surface area contributed by atoms with Gasteiger partial charge in [0, 0.05) is 72.5 Å². The molecule has 96 heavy (non-hydrogen) atoms. The summed E-state index contributed by atoms with van der Waals surface area (Å²) in [6.45, 7) is 5.19. The third-order valence-electron chi connectivity index (χ3n) is 23.5. The maximum absolute atomic E-state index is 14.7. The molecule has 20 nitrogen and oxygen atoms in total. The van der Waals surface area contributed by atoms with E-state index in [1.807, 2.05) is 125 Å². The minimum absolute atomic E-state index is 0.114. The average Bonchev–Trinajstić information content (AvgIpc) is 1.44. The molecule has 16 rings (SSSR count). The maximum Gasteiger partial charge on any atom is 0.343 e. The minimum atomic E-state index is -1.62. The third-order valence-corrected chi connectivity index (χ3v) is 24.5. The van der Waals surface area contributed by atoms with Crippen LogP contribution in [0.15, 0.2) is 155 Å². The van der Waals surface area contributed by atoms with E-state index in [1.54, 1.807) is 72.6 Å². The van der Waals surface area contributed by atoms with Crippen LogP contribution in [-0.2, 0) is 81.1 Å². The van der Waals surface area contributed by atoms with Gasteiger partial charge in [-0.25, -0.2) is 19.2 Å². The van der Waals surface area contributed by atoms with E-state index in [4.69, 9.17) is 47.4 Å². The fraction of sp³-hybridized carbons (Fsp3) is 0.432. The zero-order valence-corrected chi connectivity index (χ0v) is 57.6. The van der Waals surface area contributed by atoms with Gasteiger partial charge in [-0.15, -0.1) is 0 Å². The van der Waals surface area contributed by atoms with Crippen molar-refractivity contribution in [2.75, 3.05) is 65.4 Å². The van der Waals surface area contributed by atoms with Crippen molar-refractivity contribution in [2.45, 2.75) is 136 Å². The van der Waals surface area contributed by atoms with Crippen molar-refractivity contribution in [3.05, 3.63) is 188 Å². The first-order chi connectivity index (χ1) is 46.3. The van der Waals surface area contributed by atoms with Gasteiger partial charge in [0.2, 0.25) is 11.2 Å². The van der Waals surface area contributed by atoms with Gasteiger partial charge >= 0.3 is 23.9 Å². The number of carbonyl (C=O) groups excluding carboxylic acids is 6. The molecule has 10 aliphatic rings. The van der Waals surface area contributed by atoms with Crippen molar-refractivity contribution in [3.63, 3.8) is 0 Å². The lowest BCUT2D eigenvalue weighted by molar-refractivity contribution is -0.228. The number of halogens is 2. The highest BCUT2D eigenvalue weighted by Gasteiger charge is 2.98. The number of hydrogen-bond acceptors (Lipinski definition) is 18. The highest BCUT2D eigenvalue weighted by molar-refractivity contribution is 9.10. The molecule has 10 aliphatic heterocycles. The fourth-order valence-corrected chi connectivity index (χ4v) is 20.8. The van der Waals surface area contributed by atoms with E-state index in [2.05, 4.69) is 41.7 Å². The molecule has 22 heteroatoms. The molecule has 6 aromatic carbocycles. The van der Waals surface area contributed by atoms with Crippen LogP contribution < -0.4 is 19.3 Å². The van der Waals surface area contributed by atoms with Crippen LogP contribution in [0, 0.1) is 10.8 Å². The number of hydrogen-bond donors (Lipinski definition) is 0. The Labute approximate surface area is 572 Å². The summed E-state index contributed by atoms with van der Waals surface area (Å²) in [5, 5.41) is 0. The molecule has 2 amide bonds. The third kappa shape index (κ3) is 7.96. The number of methoxy groups -OCH3 is 4. The van der Waals surface area contributed by atoms with Crippen LogP contribution in [0.25, 0.3) is 0 Å². The topological polar surface area (TPSA) is 208 Å². The van der Waals surface area contributed by atoms with Crippen molar-refractivity contribution in [3.8, 4) is 11.5 Å². The highest BCUT2D eigenvalue weighted by Crippen LogP contribution is 2.82. The lowest BCUT2D eigenvalue weighted by Gasteiger charge is -2.60. The molecule has 0 aromatic heterocycles. The van der Waals surface area contributed by atoms with Crippen molar-refractivity contribution >= 4 is 78.9 Å². The molecular formula is C74H74Br2N4O16. The summed E-state index contributed by atoms with van der Waals surface area (Å²) in [6.07, 6.45) is -1.70. The van der Waals surface area contributed by atoms with Gasteiger partial charge in [-0.1, -0.05) is 119 Å². The summed E-state index contributed by atoms with van der Waals surface area (Å²) in [7, 11) is 9.90. The van der Waals surface area contributed by atoms with E-state index in [0.717, 1.165) is 42.6 Å². The zero-order valence-electron chi connectivity index (χ0n) is 54.5. The van der Waals surface area contributed by atoms with Crippen LogP contribution in [0.5, 0.6) is 11.5 Å². The molecule has 0 saturated carbocycles. The Bertz CT molecular complexity index is 3910. The Morgan fingerprint density at radius 1 is 0.521 bits per heavy atom. The average molecular weight is 1440 g/mol. The second-order valence-corrected chi connectivity index (χ2v) is 28.7. The van der Waals surface area contributed by atoms with E-state index in [-0.39, 0.29) is 37.9 Å². The predicted octanol–water partition coefficient (Wildman–Crippen LogP) is 10.0. The Balaban J connectivity index is 0.000000158. The summed E-state index contributed by atoms with van der Waals surface area (Å²) < 4.78 is 64.9. The summed E-state index contributed by atoms with van der Waals surface area (Å²) in [4.78, 5) is 93.1. The second-order valence-electron chi connectivity index (χ2n) is 26.9. The number of likely N-dealkylation sites (N-methyl/N-ethyl adjacent to an activating group) is 2. The number of amides is 2. The lowest BCUT2D eigenvalue weighted by Crippen LogP contribution is -2.78. The standard InChI is InChI=1S/2C37H37BrN2O8/c2*1-5-34-20-28(47-30(42)23-11-13-24(38)14-12-23)29(41)40-18-17-35-26-16-15-25(44-3)19-27(26)39(2)31(35)36(33(43)45-4,48-37(34,35)40)32(34)46-21-22-9-7-6-8-10-22/h2*6-16,19,28,31-32H,5,17-18,20-21H2,1-4H3/t2*28-,31+,32+,34-,35-,36-,37-/m10/s1. The molecule has 4 spiro atoms. The van der Waals surface area contributed by atoms with Crippen LogP contribution in [0.1, 0.15) is 95.3 Å². The number of piperidine rings is 2. The first-order valence-corrected chi connectivity index (χ1v) is 34.2. The summed E-state index contributed by atoms with van der Waals surface area (Å²) in [5.74, 6) is -1.62. The highest BCUT2D eigenvalue weighted by atomic mass is 79.9. The van der Waals surface area contributed by atoms with Crippen LogP contribution in [-0.4, -0.2) is 160 Å². The number of benzene rings is 6. The first kappa shape index (κ1) is 64.2. The monoisotopic (exact) mass is 1430 g/mol. The Morgan fingerprint density at radius 3 is 1.24 bits per heavy atom. The van der Waals surface area contributed by atoms with Crippen molar-refractivity contribution in [1.82, 2.24) is 9.80 Å². The lowest BCUT2D eigenvalue weighted by atomic mass is 9.47. The number of fused-ring (bicyclic) bond motifs is 6. The van der Waals surface area contributed by atoms with Crippen molar-refractivity contribution < 1.29 is 76.1 Å². The normalized spacial score (nSPS) is 33.7. The van der Waals surface area contributed by atoms with E-state index in [0.29, 0.717) is 61.4 Å². The number of anilines is 2. The SMILES string of the molecule is CC[C@@]12C[C@H](OC(=O)c3ccc(Br)cc3)C(=O)N3CC[C@]45c6ccc(OC)cc6N(C)[C@H]4[C@](C(=O)OC)(O[C@@]315)[C@@H]2OCc1ccccc1.CC[C@]12C[C@@H](OC(=O)c3ccc(Br)cc3)C(=O)N3CC[C@@]45c6ccc(OC)cc6N(C)[C@@H]4[C@@](C(=O)OC)(O[C@]315)[C@H]2OCc1ccccc1. The molecule has 8 saturated heterocycles. The Kier molecular flexibility index (Phi) is 15.3. The molecule has 10 heterocycles. The maximum atomic E-state index is 14.7. The van der Waals surface area contributed by atoms with Gasteiger partial charge in [-0.05, 0) is 109 Å². The molecule has 14 atom stereocenters. The van der Waals surface area contributed by atoms with Gasteiger partial charge in [0.05, 0.1) is 86.5 Å². The minimum Gasteiger partial charge on any atom is -0.497 e. The van der Waals surface area contributed by atoms with Crippen LogP contribution in [0.2, 0.25) is 0 Å². The Morgan fingerprint density at radius 2 is 0.896 bits per heavy atom. The van der Waals surface area contributed by atoms with Gasteiger partial charge < -0.3 is 67.0 Å². The summed E-state index contributed by atoms with van der Waals surface area (Å²) in [6, 6.07) is 44.0. The molecule has 6 aromatic rings. The predicted molar refractivity (Wildman–Crippen MR) is 355 cm³/mol. The number of rotatable bonds is 16. The quantitative estimate of drug-likeness (QED) is 0.0652. The van der Waals surface area contributed by atoms with Crippen molar-refractivity contribution in [2.24, 2.45) is 10.8 Å². The molecule has 0 N–H and O–H groups in total. The molecule has 0 aliphatic carbocycles. The molecule has 0 unspecified atom stereocenters. The van der Waals surface area contributed by atoms with E-state index >= 15 is 0 Å². The first-order valence-electron chi connectivity index (χ1n) is 32.6. The van der Waals surface area contributed by atoms with Crippen LogP contribution >= 0.6 is 31.9 Å². The van der Waals surface area contributed by atoms with Gasteiger partial charge in [0.1, 0.15) is 23.7 Å². The fourth-order valence-electron chi connectivity index (χ4n) is 20.2. The van der Waals surface area contributed by atoms with Gasteiger partial charge in [-0.3, -0.25) is 9.59 Å². The molecule has 500 valence electrons. The van der Waals surface area contributed by atoms with Crippen LogP contribution in [0.3, 0.4) is 0 Å². The number of esters is 4. The van der Waals surface area contributed by atoms with E-state index in [1.165, 1.54) is 14.2 Å². The molecule has 4 bridgehead atoms. The zero-order chi connectivity index (χ0) is 67.3. The largest absolute Gasteiger partial charge is 0.497 e. The van der Waals surface area contributed by atoms with Gasteiger partial charge in [0.15, 0.2) is 23.7 Å². The van der Waals surface area contributed by atoms with Crippen molar-refractivity contribution in [1.29, 1.82) is 0 Å². The summed E-state index contributed by atoms with van der Waals surface area (Å²) >= 11 is 6.81. The van der Waals surface area contributed by atoms with E-state index in [9.17, 15) is 28.8 Å². The van der Waals surface area contributed by atoms with Crippen LogP contribution in [0.4, 0.5) is 11.4 Å².